The number of aryl methyl sites for hydroxylation is 1. The van der Waals surface area contributed by atoms with Crippen LogP contribution in [0.5, 0.6) is 0 Å². The van der Waals surface area contributed by atoms with Gasteiger partial charge in [-0.3, -0.25) is 9.59 Å². The minimum Gasteiger partial charge on any atom is -0.322 e. The van der Waals surface area contributed by atoms with E-state index >= 15 is 0 Å². The van der Waals surface area contributed by atoms with Crippen molar-refractivity contribution in [1.82, 2.24) is 0 Å². The molecule has 0 saturated heterocycles. The highest BCUT2D eigenvalue weighted by Gasteiger charge is 2.31. The predicted molar refractivity (Wildman–Crippen MR) is 110 cm³/mol. The standard InChI is InChI=1S/C22H17F3N2O2S/c23-22(24,25)16-6-1-4-15(12-16)20(28)26-17-9-8-14-5-2-10-27(18(14)13-17)21(29)19-7-3-11-30-19/h1,3-4,6-9,11-13H,2,5,10H2,(H,26,28). The van der Waals surface area contributed by atoms with Crippen LogP contribution >= 0.6 is 11.3 Å². The van der Waals surface area contributed by atoms with Gasteiger partial charge in [0.05, 0.1) is 10.4 Å². The van der Waals surface area contributed by atoms with E-state index in [1.54, 1.807) is 23.1 Å². The van der Waals surface area contributed by atoms with Gasteiger partial charge in [-0.05, 0) is 60.2 Å². The van der Waals surface area contributed by atoms with E-state index in [4.69, 9.17) is 0 Å². The normalized spacial score (nSPS) is 13.6. The Kier molecular flexibility index (Phi) is 5.34. The van der Waals surface area contributed by atoms with Crippen LogP contribution in [0, 0.1) is 0 Å². The molecule has 0 unspecified atom stereocenters. The van der Waals surface area contributed by atoms with E-state index in [0.717, 1.165) is 30.5 Å². The first-order valence-electron chi connectivity index (χ1n) is 9.30. The fourth-order valence-electron chi connectivity index (χ4n) is 3.44. The lowest BCUT2D eigenvalue weighted by atomic mass is 10.0. The fraction of sp³-hybridized carbons (Fsp3) is 0.182. The number of alkyl halides is 3. The van der Waals surface area contributed by atoms with E-state index < -0.39 is 17.6 Å². The van der Waals surface area contributed by atoms with Gasteiger partial charge in [0.2, 0.25) is 0 Å². The van der Waals surface area contributed by atoms with Crippen molar-refractivity contribution in [3.63, 3.8) is 0 Å². The topological polar surface area (TPSA) is 49.4 Å². The molecule has 0 fully saturated rings. The number of rotatable bonds is 3. The number of nitrogens with zero attached hydrogens (tertiary/aromatic N) is 1. The van der Waals surface area contributed by atoms with Crippen molar-refractivity contribution in [3.05, 3.63) is 81.5 Å². The first-order valence-corrected chi connectivity index (χ1v) is 10.2. The average Bonchev–Trinajstić information content (AvgIpc) is 3.27. The van der Waals surface area contributed by atoms with E-state index in [-0.39, 0.29) is 11.5 Å². The van der Waals surface area contributed by atoms with Crippen molar-refractivity contribution in [1.29, 1.82) is 0 Å². The summed E-state index contributed by atoms with van der Waals surface area (Å²) in [6.07, 6.45) is -2.88. The summed E-state index contributed by atoms with van der Waals surface area (Å²) in [5.74, 6) is -0.750. The van der Waals surface area contributed by atoms with Crippen molar-refractivity contribution in [3.8, 4) is 0 Å². The third-order valence-electron chi connectivity index (χ3n) is 4.89. The van der Waals surface area contributed by atoms with E-state index in [2.05, 4.69) is 5.32 Å². The molecule has 0 saturated carbocycles. The molecule has 1 aromatic heterocycles. The highest BCUT2D eigenvalue weighted by Crippen LogP contribution is 2.33. The summed E-state index contributed by atoms with van der Waals surface area (Å²) in [4.78, 5) is 27.7. The van der Waals surface area contributed by atoms with Crippen molar-refractivity contribution in [2.75, 3.05) is 16.8 Å². The van der Waals surface area contributed by atoms with Gasteiger partial charge < -0.3 is 10.2 Å². The molecule has 3 aromatic rings. The number of amides is 2. The third kappa shape index (κ3) is 4.09. The van der Waals surface area contributed by atoms with Gasteiger partial charge in [-0.25, -0.2) is 0 Å². The smallest absolute Gasteiger partial charge is 0.322 e. The third-order valence-corrected chi connectivity index (χ3v) is 5.75. The minimum absolute atomic E-state index is 0.0888. The molecule has 1 aliphatic heterocycles. The number of carbonyl (C=O) groups excluding carboxylic acids is 2. The Morgan fingerprint density at radius 2 is 1.87 bits per heavy atom. The number of carbonyl (C=O) groups is 2. The zero-order valence-corrected chi connectivity index (χ0v) is 16.5. The number of halogens is 3. The van der Waals surface area contributed by atoms with E-state index in [1.165, 1.54) is 23.5 Å². The van der Waals surface area contributed by atoms with Gasteiger partial charge in [-0.2, -0.15) is 13.2 Å². The van der Waals surface area contributed by atoms with Gasteiger partial charge in [0.15, 0.2) is 0 Å². The second-order valence-corrected chi connectivity index (χ2v) is 7.86. The Bertz CT molecular complexity index is 1090. The number of nitrogens with one attached hydrogen (secondary N) is 1. The summed E-state index contributed by atoms with van der Waals surface area (Å²) in [7, 11) is 0. The molecule has 1 aliphatic rings. The highest BCUT2D eigenvalue weighted by molar-refractivity contribution is 7.12. The van der Waals surface area contributed by atoms with Gasteiger partial charge >= 0.3 is 6.18 Å². The first kappa shape index (κ1) is 20.2. The average molecular weight is 430 g/mol. The number of anilines is 2. The van der Waals surface area contributed by atoms with Gasteiger partial charge in [0, 0.05) is 23.5 Å². The van der Waals surface area contributed by atoms with Crippen LogP contribution in [0.1, 0.15) is 37.6 Å². The minimum atomic E-state index is -4.52. The number of hydrogen-bond donors (Lipinski definition) is 1. The first-order chi connectivity index (χ1) is 14.3. The maximum atomic E-state index is 12.9. The van der Waals surface area contributed by atoms with Crippen LogP contribution in [0.4, 0.5) is 24.5 Å². The number of thiophene rings is 1. The van der Waals surface area contributed by atoms with E-state index in [9.17, 15) is 22.8 Å². The molecule has 30 heavy (non-hydrogen) atoms. The molecular weight excluding hydrogens is 413 g/mol. The van der Waals surface area contributed by atoms with Crippen LogP contribution in [0.15, 0.2) is 60.0 Å². The quantitative estimate of drug-likeness (QED) is 0.587. The van der Waals surface area contributed by atoms with E-state index in [0.29, 0.717) is 22.8 Å². The predicted octanol–water partition coefficient (Wildman–Crippen LogP) is 5.61. The lowest BCUT2D eigenvalue weighted by Gasteiger charge is -2.29. The summed E-state index contributed by atoms with van der Waals surface area (Å²) in [6, 6.07) is 13.1. The molecule has 0 bridgehead atoms. The van der Waals surface area contributed by atoms with Gasteiger partial charge in [-0.15, -0.1) is 11.3 Å². The molecule has 0 spiro atoms. The molecular formula is C22H17F3N2O2S. The van der Waals surface area contributed by atoms with Gasteiger partial charge in [0.1, 0.15) is 0 Å². The Labute approximate surface area is 174 Å². The monoisotopic (exact) mass is 430 g/mol. The molecule has 2 amide bonds. The summed E-state index contributed by atoms with van der Waals surface area (Å²) in [5, 5.41) is 4.48. The van der Waals surface area contributed by atoms with Crippen LogP contribution < -0.4 is 10.2 Å². The molecule has 4 rings (SSSR count). The summed E-state index contributed by atoms with van der Waals surface area (Å²) < 4.78 is 38.7. The van der Waals surface area contributed by atoms with Crippen LogP contribution in [0.3, 0.4) is 0 Å². The second-order valence-electron chi connectivity index (χ2n) is 6.91. The molecule has 2 heterocycles. The SMILES string of the molecule is O=C(Nc1ccc2c(c1)N(C(=O)c1cccs1)CCC2)c1cccc(C(F)(F)F)c1. The molecule has 1 N–H and O–H groups in total. The Balaban J connectivity index is 1.59. The molecule has 4 nitrogen and oxygen atoms in total. The van der Waals surface area contributed by atoms with Gasteiger partial charge in [0.25, 0.3) is 11.8 Å². The molecule has 0 atom stereocenters. The number of fused-ring (bicyclic) bond motifs is 1. The maximum absolute atomic E-state index is 12.9. The molecule has 8 heteroatoms. The summed E-state index contributed by atoms with van der Waals surface area (Å²) in [6.45, 7) is 0.564. The highest BCUT2D eigenvalue weighted by atomic mass is 32.1. The fourth-order valence-corrected chi connectivity index (χ4v) is 4.11. The van der Waals surface area contributed by atoms with Crippen LogP contribution in [0.2, 0.25) is 0 Å². The second kappa shape index (κ2) is 7.95. The van der Waals surface area contributed by atoms with Gasteiger partial charge in [-0.1, -0.05) is 18.2 Å². The van der Waals surface area contributed by atoms with Crippen LogP contribution in [-0.2, 0) is 12.6 Å². The van der Waals surface area contributed by atoms with Crippen molar-refractivity contribution < 1.29 is 22.8 Å². The maximum Gasteiger partial charge on any atom is 0.416 e. The Morgan fingerprint density at radius 3 is 2.60 bits per heavy atom. The van der Waals surface area contributed by atoms with Crippen molar-refractivity contribution >= 4 is 34.5 Å². The van der Waals surface area contributed by atoms with Crippen molar-refractivity contribution in [2.45, 2.75) is 19.0 Å². The summed E-state index contributed by atoms with van der Waals surface area (Å²) >= 11 is 1.36. The largest absolute Gasteiger partial charge is 0.416 e. The lowest BCUT2D eigenvalue weighted by Crippen LogP contribution is -2.35. The molecule has 2 aromatic carbocycles. The van der Waals surface area contributed by atoms with Crippen LogP contribution in [0.25, 0.3) is 0 Å². The number of benzene rings is 2. The molecule has 154 valence electrons. The lowest BCUT2D eigenvalue weighted by molar-refractivity contribution is -0.137. The molecule has 0 aliphatic carbocycles. The zero-order chi connectivity index (χ0) is 21.3. The Morgan fingerprint density at radius 1 is 1.03 bits per heavy atom. The summed E-state index contributed by atoms with van der Waals surface area (Å²) in [5.41, 5.74) is 1.15. The van der Waals surface area contributed by atoms with E-state index in [1.807, 2.05) is 17.5 Å². The molecule has 0 radical (unpaired) electrons. The Hall–Kier alpha value is -3.13. The number of hydrogen-bond acceptors (Lipinski definition) is 3. The zero-order valence-electron chi connectivity index (χ0n) is 15.7. The van der Waals surface area contributed by atoms with Crippen LogP contribution in [-0.4, -0.2) is 18.4 Å². The van der Waals surface area contributed by atoms with Crippen molar-refractivity contribution in [2.24, 2.45) is 0 Å².